The van der Waals surface area contributed by atoms with Crippen LogP contribution in [-0.4, -0.2) is 14.4 Å². The number of imidazole rings is 2. The van der Waals surface area contributed by atoms with Gasteiger partial charge < -0.3 is 4.98 Å². The number of aryl methyl sites for hydroxylation is 1. The minimum Gasteiger partial charge on any atom is -0.323 e. The quantitative estimate of drug-likeness (QED) is 0.485. The molecule has 1 N–H and O–H groups in total. The van der Waals surface area contributed by atoms with Crippen LogP contribution in [0.3, 0.4) is 0 Å². The van der Waals surface area contributed by atoms with Crippen LogP contribution in [-0.2, 0) is 0 Å². The van der Waals surface area contributed by atoms with E-state index in [1.54, 1.807) is 0 Å². The van der Waals surface area contributed by atoms with Crippen molar-refractivity contribution in [3.05, 3.63) is 48.0 Å². The lowest BCUT2D eigenvalue weighted by Crippen LogP contribution is -1.80. The Balaban J connectivity index is 2.36. The molecule has 0 fully saturated rings. The van der Waals surface area contributed by atoms with Gasteiger partial charge in [0.15, 0.2) is 0 Å². The maximum absolute atomic E-state index is 4.66. The number of nitrogens with zero attached hydrogens (tertiary/aromatic N) is 2. The number of para-hydroxylation sites is 3. The van der Waals surface area contributed by atoms with Crippen molar-refractivity contribution in [1.29, 1.82) is 0 Å². The number of hydrogen-bond donors (Lipinski definition) is 1. The molecular weight excluding hydrogens is 210 g/mol. The molecule has 0 saturated heterocycles. The van der Waals surface area contributed by atoms with Gasteiger partial charge in [0.05, 0.1) is 22.1 Å². The normalized spacial score (nSPS) is 11.8. The lowest BCUT2D eigenvalue weighted by atomic mass is 10.2. The van der Waals surface area contributed by atoms with Crippen LogP contribution < -0.4 is 0 Å². The highest BCUT2D eigenvalue weighted by molar-refractivity contribution is 5.90. The van der Waals surface area contributed by atoms with Crippen molar-refractivity contribution in [2.75, 3.05) is 0 Å². The van der Waals surface area contributed by atoms with Crippen molar-refractivity contribution in [1.82, 2.24) is 14.4 Å². The fourth-order valence-corrected chi connectivity index (χ4v) is 2.46. The Bertz CT molecular complexity index is 852. The summed E-state index contributed by atoms with van der Waals surface area (Å²) < 4.78 is 2.18. The number of rotatable bonds is 0. The Morgan fingerprint density at radius 1 is 1.00 bits per heavy atom. The second-order valence-electron chi connectivity index (χ2n) is 4.36. The molecule has 2 heterocycles. The van der Waals surface area contributed by atoms with Crippen LogP contribution >= 0.6 is 0 Å². The van der Waals surface area contributed by atoms with E-state index in [1.165, 1.54) is 11.1 Å². The first kappa shape index (κ1) is 8.82. The van der Waals surface area contributed by atoms with Crippen LogP contribution in [0.15, 0.2) is 42.5 Å². The van der Waals surface area contributed by atoms with Crippen molar-refractivity contribution >= 4 is 27.8 Å². The average molecular weight is 221 g/mol. The average Bonchev–Trinajstić information content (AvgIpc) is 2.85. The van der Waals surface area contributed by atoms with Crippen LogP contribution in [0.25, 0.3) is 27.8 Å². The van der Waals surface area contributed by atoms with E-state index in [1.807, 2.05) is 6.07 Å². The molecule has 17 heavy (non-hydrogen) atoms. The molecule has 3 nitrogen and oxygen atoms in total. The first-order valence-corrected chi connectivity index (χ1v) is 5.69. The topological polar surface area (TPSA) is 33.1 Å². The maximum atomic E-state index is 4.66. The Morgan fingerprint density at radius 2 is 1.82 bits per heavy atom. The number of aromatic nitrogens is 3. The van der Waals surface area contributed by atoms with Crippen molar-refractivity contribution in [2.24, 2.45) is 0 Å². The molecule has 0 atom stereocenters. The summed E-state index contributed by atoms with van der Waals surface area (Å²) >= 11 is 0. The van der Waals surface area contributed by atoms with Gasteiger partial charge in [0.25, 0.3) is 0 Å². The molecule has 0 unspecified atom stereocenters. The SMILES string of the molecule is Cc1cccc2c1nc1[nH]c3ccccc3n12. The predicted octanol–water partition coefficient (Wildman–Crippen LogP) is 3.28. The smallest absolute Gasteiger partial charge is 0.213 e. The lowest BCUT2D eigenvalue weighted by molar-refractivity contribution is 1.28. The highest BCUT2D eigenvalue weighted by Crippen LogP contribution is 2.24. The molecule has 0 bridgehead atoms. The molecule has 2 aromatic heterocycles. The first-order valence-electron chi connectivity index (χ1n) is 5.69. The van der Waals surface area contributed by atoms with Crippen LogP contribution in [0, 0.1) is 6.92 Å². The standard InChI is InChI=1S/C14H11N3/c1-9-5-4-8-12-13(9)16-14-15-10-6-2-3-7-11(10)17(12)14/h2-8H,1H3,(H,15,16). The number of nitrogens with one attached hydrogen (secondary N) is 1. The summed E-state index contributed by atoms with van der Waals surface area (Å²) in [6.07, 6.45) is 0. The van der Waals surface area contributed by atoms with Gasteiger partial charge in [-0.2, -0.15) is 0 Å². The number of hydrogen-bond acceptors (Lipinski definition) is 1. The van der Waals surface area contributed by atoms with Gasteiger partial charge in [-0.1, -0.05) is 24.3 Å². The van der Waals surface area contributed by atoms with Crippen molar-refractivity contribution in [3.8, 4) is 0 Å². The molecule has 4 aromatic rings. The fourth-order valence-electron chi connectivity index (χ4n) is 2.46. The number of benzene rings is 2. The lowest BCUT2D eigenvalue weighted by Gasteiger charge is -1.95. The van der Waals surface area contributed by atoms with Crippen LogP contribution in [0.1, 0.15) is 5.56 Å². The molecule has 4 rings (SSSR count). The van der Waals surface area contributed by atoms with Gasteiger partial charge in [0.1, 0.15) is 0 Å². The molecule has 3 heteroatoms. The zero-order chi connectivity index (χ0) is 11.4. The highest BCUT2D eigenvalue weighted by Gasteiger charge is 2.10. The third kappa shape index (κ3) is 1.03. The zero-order valence-corrected chi connectivity index (χ0v) is 9.44. The summed E-state index contributed by atoms with van der Waals surface area (Å²) in [6, 6.07) is 14.6. The third-order valence-electron chi connectivity index (χ3n) is 3.28. The number of aromatic amines is 1. The molecular formula is C14H11N3. The van der Waals surface area contributed by atoms with Crippen molar-refractivity contribution in [3.63, 3.8) is 0 Å². The largest absolute Gasteiger partial charge is 0.323 e. The number of H-pyrrole nitrogens is 1. The Morgan fingerprint density at radius 3 is 2.76 bits per heavy atom. The van der Waals surface area contributed by atoms with Crippen LogP contribution in [0.4, 0.5) is 0 Å². The molecule has 0 amide bonds. The van der Waals surface area contributed by atoms with E-state index in [0.29, 0.717) is 0 Å². The monoisotopic (exact) mass is 221 g/mol. The summed E-state index contributed by atoms with van der Waals surface area (Å²) in [5, 5.41) is 0. The second-order valence-corrected chi connectivity index (χ2v) is 4.36. The highest BCUT2D eigenvalue weighted by atomic mass is 15.1. The molecule has 0 aliphatic rings. The Hall–Kier alpha value is -2.29. The van der Waals surface area contributed by atoms with E-state index in [2.05, 4.69) is 57.7 Å². The third-order valence-corrected chi connectivity index (χ3v) is 3.28. The van der Waals surface area contributed by atoms with Gasteiger partial charge in [0, 0.05) is 0 Å². The second kappa shape index (κ2) is 2.88. The predicted molar refractivity (Wildman–Crippen MR) is 69.3 cm³/mol. The molecule has 82 valence electrons. The summed E-state index contributed by atoms with van der Waals surface area (Å²) in [6.45, 7) is 2.09. The molecule has 0 aliphatic heterocycles. The molecule has 0 aliphatic carbocycles. The first-order chi connectivity index (χ1) is 8.34. The van der Waals surface area contributed by atoms with E-state index in [-0.39, 0.29) is 0 Å². The Kier molecular flexibility index (Phi) is 1.50. The van der Waals surface area contributed by atoms with E-state index >= 15 is 0 Å². The number of fused-ring (bicyclic) bond motifs is 5. The molecule has 0 radical (unpaired) electrons. The molecule has 2 aromatic carbocycles. The van der Waals surface area contributed by atoms with Crippen molar-refractivity contribution in [2.45, 2.75) is 6.92 Å². The van der Waals surface area contributed by atoms with Gasteiger partial charge in [-0.05, 0) is 30.7 Å². The van der Waals surface area contributed by atoms with Gasteiger partial charge in [-0.25, -0.2) is 4.98 Å². The maximum Gasteiger partial charge on any atom is 0.213 e. The van der Waals surface area contributed by atoms with Gasteiger partial charge >= 0.3 is 0 Å². The van der Waals surface area contributed by atoms with Crippen LogP contribution in [0.5, 0.6) is 0 Å². The van der Waals surface area contributed by atoms with E-state index in [4.69, 9.17) is 0 Å². The van der Waals surface area contributed by atoms with E-state index in [0.717, 1.165) is 22.3 Å². The minimum absolute atomic E-state index is 0.913. The van der Waals surface area contributed by atoms with Gasteiger partial charge in [0.2, 0.25) is 5.78 Å². The van der Waals surface area contributed by atoms with Crippen molar-refractivity contribution < 1.29 is 0 Å². The van der Waals surface area contributed by atoms with Crippen LogP contribution in [0.2, 0.25) is 0 Å². The Labute approximate surface area is 97.7 Å². The minimum atomic E-state index is 0.913. The molecule has 0 saturated carbocycles. The van der Waals surface area contributed by atoms with E-state index in [9.17, 15) is 0 Å². The van der Waals surface area contributed by atoms with E-state index < -0.39 is 0 Å². The summed E-state index contributed by atoms with van der Waals surface area (Å²) in [4.78, 5) is 8.01. The fraction of sp³-hybridized carbons (Fsp3) is 0.0714. The zero-order valence-electron chi connectivity index (χ0n) is 9.44. The summed E-state index contributed by atoms with van der Waals surface area (Å²) in [7, 11) is 0. The van der Waals surface area contributed by atoms with Gasteiger partial charge in [-0.15, -0.1) is 0 Å². The summed E-state index contributed by atoms with van der Waals surface area (Å²) in [5.74, 6) is 0.913. The summed E-state index contributed by atoms with van der Waals surface area (Å²) in [5.41, 5.74) is 5.75. The molecule has 0 spiro atoms. The van der Waals surface area contributed by atoms with Gasteiger partial charge in [-0.3, -0.25) is 4.40 Å².